The first-order chi connectivity index (χ1) is 15.1. The number of nitrogen functional groups attached to an aromatic ring is 1. The van der Waals surface area contributed by atoms with Crippen molar-refractivity contribution in [2.75, 3.05) is 24.7 Å². The van der Waals surface area contributed by atoms with Crippen LogP contribution in [0.15, 0.2) is 88.3 Å². The molecule has 1 aromatic rings. The van der Waals surface area contributed by atoms with E-state index < -0.39 is 0 Å². The molecule has 1 aromatic carbocycles. The molecule has 0 saturated carbocycles. The van der Waals surface area contributed by atoms with Crippen LogP contribution in [0.1, 0.15) is 13.8 Å². The van der Waals surface area contributed by atoms with Gasteiger partial charge in [-0.3, -0.25) is 9.79 Å². The summed E-state index contributed by atoms with van der Waals surface area (Å²) in [6, 6.07) is 5.52. The maximum absolute atomic E-state index is 12.5. The summed E-state index contributed by atoms with van der Waals surface area (Å²) in [6.45, 7) is 4.00. The lowest BCUT2D eigenvalue weighted by atomic mass is 9.97. The number of nitrogens with zero attached hydrogens (tertiary/aromatic N) is 3. The number of nitrogens with one attached hydrogen (secondary N) is 2. The van der Waals surface area contributed by atoms with Crippen molar-refractivity contribution in [3.05, 3.63) is 78.3 Å². The Labute approximate surface area is 184 Å². The topological polar surface area (TPSA) is 95.1 Å². The van der Waals surface area contributed by atoms with Crippen molar-refractivity contribution in [2.24, 2.45) is 15.9 Å². The lowest BCUT2D eigenvalue weighted by Gasteiger charge is -2.17. The maximum atomic E-state index is 12.5. The lowest BCUT2D eigenvalue weighted by Crippen LogP contribution is -2.24. The number of hydrogen-bond donors (Lipinski definition) is 3. The summed E-state index contributed by atoms with van der Waals surface area (Å²) in [5.41, 5.74) is 9.32. The first kappa shape index (κ1) is 23.4. The average Bonchev–Trinajstić information content (AvgIpc) is 3.04. The van der Waals surface area contributed by atoms with E-state index in [-0.39, 0.29) is 11.8 Å². The fraction of sp³-hybridized carbons (Fsp3) is 0.208. The Hall–Kier alpha value is -3.87. The van der Waals surface area contributed by atoms with E-state index in [1.165, 1.54) is 6.34 Å². The van der Waals surface area contributed by atoms with Crippen molar-refractivity contribution < 1.29 is 4.79 Å². The smallest absolute Gasteiger partial charge is 0.274 e. The van der Waals surface area contributed by atoms with Gasteiger partial charge in [0, 0.05) is 38.6 Å². The van der Waals surface area contributed by atoms with Crippen LogP contribution in [0.25, 0.3) is 0 Å². The van der Waals surface area contributed by atoms with Gasteiger partial charge in [0.15, 0.2) is 0 Å². The van der Waals surface area contributed by atoms with Gasteiger partial charge in [-0.05, 0) is 23.8 Å². The minimum atomic E-state index is -0.332. The third-order valence-corrected chi connectivity index (χ3v) is 4.40. The predicted octanol–water partition coefficient (Wildman–Crippen LogP) is 3.83. The zero-order valence-corrected chi connectivity index (χ0v) is 18.4. The number of fused-ring (bicyclic) bond motifs is 1. The molecule has 0 spiro atoms. The number of amides is 1. The zero-order valence-electron chi connectivity index (χ0n) is 18.4. The summed E-state index contributed by atoms with van der Waals surface area (Å²) in [6.07, 6.45) is 18.4. The molecule has 1 atom stereocenters. The molecule has 0 fully saturated rings. The van der Waals surface area contributed by atoms with Gasteiger partial charge in [0.1, 0.15) is 11.4 Å². The van der Waals surface area contributed by atoms with Gasteiger partial charge in [0.25, 0.3) is 5.91 Å². The molecule has 7 nitrogen and oxygen atoms in total. The highest BCUT2D eigenvalue weighted by atomic mass is 16.2. The molecule has 7 heteroatoms. The number of rotatable bonds is 6. The van der Waals surface area contributed by atoms with E-state index in [0.717, 1.165) is 11.3 Å². The van der Waals surface area contributed by atoms with Crippen LogP contribution >= 0.6 is 0 Å². The Kier molecular flexibility index (Phi) is 9.04. The molecular formula is C24H30N6O. The van der Waals surface area contributed by atoms with Crippen LogP contribution in [-0.2, 0) is 4.79 Å². The molecule has 0 saturated heterocycles. The average molecular weight is 419 g/mol. The molecule has 3 rings (SSSR count). The molecule has 1 amide bonds. The highest BCUT2D eigenvalue weighted by Crippen LogP contribution is 2.33. The fourth-order valence-corrected chi connectivity index (χ4v) is 2.87. The largest absolute Gasteiger partial charge is 0.397 e. The molecule has 4 N–H and O–H groups in total. The number of nitrogens with two attached hydrogens (primary N) is 1. The number of para-hydroxylation sites is 1. The lowest BCUT2D eigenvalue weighted by molar-refractivity contribution is -0.116. The molecule has 0 bridgehead atoms. The van der Waals surface area contributed by atoms with E-state index in [1.54, 1.807) is 24.6 Å². The summed E-state index contributed by atoms with van der Waals surface area (Å²) in [7, 11) is 3.71. The van der Waals surface area contributed by atoms with Gasteiger partial charge in [-0.25, -0.2) is 4.99 Å². The van der Waals surface area contributed by atoms with Gasteiger partial charge >= 0.3 is 0 Å². The van der Waals surface area contributed by atoms with Crippen LogP contribution in [0.3, 0.4) is 0 Å². The van der Waals surface area contributed by atoms with Crippen molar-refractivity contribution >= 4 is 35.5 Å². The molecule has 31 heavy (non-hydrogen) atoms. The highest BCUT2D eigenvalue weighted by Gasteiger charge is 2.17. The van der Waals surface area contributed by atoms with Crippen LogP contribution in [0.4, 0.5) is 17.1 Å². The van der Waals surface area contributed by atoms with Crippen molar-refractivity contribution in [1.82, 2.24) is 10.6 Å². The van der Waals surface area contributed by atoms with Gasteiger partial charge in [-0.15, -0.1) is 0 Å². The number of anilines is 2. The number of carbonyl (C=O) groups is 1. The van der Waals surface area contributed by atoms with Gasteiger partial charge in [0.2, 0.25) is 0 Å². The second-order valence-electron chi connectivity index (χ2n) is 6.43. The maximum Gasteiger partial charge on any atom is 0.274 e. The predicted molar refractivity (Wildman–Crippen MR) is 132 cm³/mol. The van der Waals surface area contributed by atoms with Crippen molar-refractivity contribution in [3.63, 3.8) is 0 Å². The quantitative estimate of drug-likeness (QED) is 0.372. The Morgan fingerprint density at radius 3 is 2.84 bits per heavy atom. The van der Waals surface area contributed by atoms with Crippen molar-refractivity contribution in [3.8, 4) is 0 Å². The molecule has 1 aliphatic carbocycles. The van der Waals surface area contributed by atoms with E-state index >= 15 is 0 Å². The number of benzene rings is 1. The van der Waals surface area contributed by atoms with Crippen molar-refractivity contribution in [2.45, 2.75) is 13.8 Å². The minimum absolute atomic E-state index is 0.0862. The number of hydrogen-bond acceptors (Lipinski definition) is 6. The summed E-state index contributed by atoms with van der Waals surface area (Å²) in [5.74, 6) is -0.246. The van der Waals surface area contributed by atoms with Crippen LogP contribution in [0, 0.1) is 5.92 Å². The fourth-order valence-electron chi connectivity index (χ4n) is 2.87. The van der Waals surface area contributed by atoms with Crippen LogP contribution in [-0.4, -0.2) is 32.6 Å². The highest BCUT2D eigenvalue weighted by molar-refractivity contribution is 6.02. The monoisotopic (exact) mass is 418 g/mol. The third kappa shape index (κ3) is 6.30. The Balaban J connectivity index is 0.00000166. The van der Waals surface area contributed by atoms with Gasteiger partial charge in [-0.1, -0.05) is 50.3 Å². The normalized spacial score (nSPS) is 16.7. The molecular weight excluding hydrogens is 388 g/mol. The summed E-state index contributed by atoms with van der Waals surface area (Å²) in [5, 5.41) is 5.61. The van der Waals surface area contributed by atoms with Crippen LogP contribution in [0.2, 0.25) is 0 Å². The molecule has 162 valence electrons. The number of carbonyl (C=O) groups excluding carboxylic acids is 1. The Morgan fingerprint density at radius 1 is 1.26 bits per heavy atom. The summed E-state index contributed by atoms with van der Waals surface area (Å²) in [4.78, 5) is 23.0. The van der Waals surface area contributed by atoms with Gasteiger partial charge in [-0.2, -0.15) is 0 Å². The Morgan fingerprint density at radius 2 is 2.06 bits per heavy atom. The first-order valence-corrected chi connectivity index (χ1v) is 10.2. The van der Waals surface area contributed by atoms with E-state index in [1.807, 2.05) is 81.6 Å². The number of allylic oxidation sites excluding steroid dienone is 7. The third-order valence-electron chi connectivity index (χ3n) is 4.40. The summed E-state index contributed by atoms with van der Waals surface area (Å²) >= 11 is 0. The van der Waals surface area contributed by atoms with E-state index in [4.69, 9.17) is 5.73 Å². The van der Waals surface area contributed by atoms with Gasteiger partial charge < -0.3 is 21.3 Å². The Bertz CT molecular complexity index is 982. The second kappa shape index (κ2) is 12.0. The van der Waals surface area contributed by atoms with Crippen LogP contribution < -0.4 is 21.3 Å². The van der Waals surface area contributed by atoms with E-state index in [9.17, 15) is 4.79 Å². The molecule has 2 aliphatic rings. The van der Waals surface area contributed by atoms with Crippen LogP contribution in [0.5, 0.6) is 0 Å². The van der Waals surface area contributed by atoms with Gasteiger partial charge in [0.05, 0.1) is 17.7 Å². The molecule has 0 radical (unpaired) electrons. The molecule has 1 unspecified atom stereocenters. The standard InChI is InChI=1S/C22H24N6O.C2H6/c1-24-11-12-28(2)20-10-6-9-18(23)21(20)26-15-27-22(29)19-13-16-7-4-3-5-8-17(16)14-25-19;1-2/h3-15,17,24H,23H2,1-2H3,(H,26,27,29);1-2H3/b12-11-;. The molecule has 0 aromatic heterocycles. The van der Waals surface area contributed by atoms with E-state index in [2.05, 4.69) is 20.6 Å². The zero-order chi connectivity index (χ0) is 22.6. The molecule has 1 heterocycles. The minimum Gasteiger partial charge on any atom is -0.397 e. The van der Waals surface area contributed by atoms with Crippen molar-refractivity contribution in [1.29, 1.82) is 0 Å². The summed E-state index contributed by atoms with van der Waals surface area (Å²) < 4.78 is 0. The SMILES string of the molecule is CC.CN/C=C\N(C)c1cccc(N)c1N=CNC(=O)C1=CC2=CC=CC=CC2C=N1. The first-order valence-electron chi connectivity index (χ1n) is 10.2. The molecule has 1 aliphatic heterocycles. The van der Waals surface area contributed by atoms with E-state index in [0.29, 0.717) is 17.1 Å². The number of aliphatic imine (C=N–C) groups is 2. The second-order valence-corrected chi connectivity index (χ2v) is 6.43.